The average Bonchev–Trinajstić information content (AvgIpc) is 1.35. The van der Waals surface area contributed by atoms with Crippen LogP contribution in [0, 0.1) is 0 Å². The van der Waals surface area contributed by atoms with Gasteiger partial charge in [0.2, 0.25) is 5.91 Å². The third-order valence-electron chi connectivity index (χ3n) is 0.260. The van der Waals surface area contributed by atoms with Gasteiger partial charge in [-0.1, -0.05) is 0 Å². The molecule has 0 rings (SSSR count). The second-order valence-corrected chi connectivity index (χ2v) is 0.761. The molecule has 0 unspecified atom stereocenters. The Balaban J connectivity index is 3.30. The van der Waals surface area contributed by atoms with Gasteiger partial charge in [-0.05, 0) is 6.20 Å². The Morgan fingerprint density at radius 2 is 2.17 bits per heavy atom. The van der Waals surface area contributed by atoms with Crippen LogP contribution in [0.25, 0.3) is 0 Å². The molecule has 0 saturated carbocycles. The quantitative estimate of drug-likeness (QED) is 0.399. The molecule has 0 bridgehead atoms. The van der Waals surface area contributed by atoms with Crippen LogP contribution < -0.4 is 11.5 Å². The van der Waals surface area contributed by atoms with Crippen molar-refractivity contribution in [3.63, 3.8) is 0 Å². The maximum absolute atomic E-state index is 9.65. The number of nitrogens with two attached hydrogens (primary N) is 2. The molecule has 0 aromatic heterocycles. The van der Waals surface area contributed by atoms with Crippen LogP contribution >= 0.6 is 0 Å². The molecule has 6 heavy (non-hydrogen) atoms. The van der Waals surface area contributed by atoms with Gasteiger partial charge in [-0.3, -0.25) is 4.79 Å². The SMILES string of the molecule is NC=CC(N)=O. The molecule has 1 amide bonds. The highest BCUT2D eigenvalue weighted by atomic mass is 16.1. The molecule has 0 aliphatic rings. The number of carbonyl (C=O) groups is 1. The molecule has 3 heteroatoms. The molecule has 0 heterocycles. The highest BCUT2D eigenvalue weighted by Gasteiger charge is 1.73. The zero-order chi connectivity index (χ0) is 4.99. The highest BCUT2D eigenvalue weighted by Crippen LogP contribution is 1.54. The lowest BCUT2D eigenvalue weighted by molar-refractivity contribution is -0.113. The van der Waals surface area contributed by atoms with Crippen molar-refractivity contribution < 1.29 is 4.79 Å². The monoisotopic (exact) mass is 86.0 g/mol. The van der Waals surface area contributed by atoms with Gasteiger partial charge in [-0.15, -0.1) is 0 Å². The minimum absolute atomic E-state index is 0.516. The van der Waals surface area contributed by atoms with E-state index in [4.69, 9.17) is 5.73 Å². The Morgan fingerprint density at radius 1 is 1.67 bits per heavy atom. The van der Waals surface area contributed by atoms with E-state index in [9.17, 15) is 4.79 Å². The molecule has 0 saturated heterocycles. The number of amides is 1. The summed E-state index contributed by atoms with van der Waals surface area (Å²) in [7, 11) is 0. The van der Waals surface area contributed by atoms with E-state index in [2.05, 4.69) is 5.73 Å². The molecule has 0 aromatic carbocycles. The first-order valence-corrected chi connectivity index (χ1v) is 1.45. The third-order valence-corrected chi connectivity index (χ3v) is 0.260. The summed E-state index contributed by atoms with van der Waals surface area (Å²) in [6.07, 6.45) is 2.18. The maximum atomic E-state index is 9.65. The van der Waals surface area contributed by atoms with Gasteiger partial charge in [-0.25, -0.2) is 0 Å². The molecule has 0 atom stereocenters. The predicted octanol–water partition coefficient (Wildman–Crippen LogP) is -1.06. The predicted molar refractivity (Wildman–Crippen MR) is 22.5 cm³/mol. The summed E-state index contributed by atoms with van der Waals surface area (Å²) in [6.45, 7) is 0. The molecule has 3 nitrogen and oxygen atoms in total. The van der Waals surface area contributed by atoms with E-state index in [0.29, 0.717) is 0 Å². The maximum Gasteiger partial charge on any atom is 0.242 e. The van der Waals surface area contributed by atoms with E-state index in [1.165, 1.54) is 0 Å². The normalized spacial score (nSPS) is 9.33. The standard InChI is InChI=1S/C3H6N2O/c4-2-1-3(5)6/h1-2H,4H2,(H2,5,6). The summed E-state index contributed by atoms with van der Waals surface area (Å²) in [5.41, 5.74) is 9.35. The first-order chi connectivity index (χ1) is 2.77. The van der Waals surface area contributed by atoms with Crippen molar-refractivity contribution in [2.24, 2.45) is 11.5 Å². The second-order valence-electron chi connectivity index (χ2n) is 0.761. The Morgan fingerprint density at radius 3 is 2.17 bits per heavy atom. The van der Waals surface area contributed by atoms with Crippen molar-refractivity contribution in [2.75, 3.05) is 0 Å². The third kappa shape index (κ3) is 3.01. The summed E-state index contributed by atoms with van der Waals surface area (Å²) >= 11 is 0. The van der Waals surface area contributed by atoms with Crippen LogP contribution in [0.3, 0.4) is 0 Å². The average molecular weight is 86.1 g/mol. The van der Waals surface area contributed by atoms with Crippen LogP contribution in [0.1, 0.15) is 0 Å². The van der Waals surface area contributed by atoms with E-state index in [-0.39, 0.29) is 0 Å². The molecular weight excluding hydrogens is 80.0 g/mol. The number of carbonyl (C=O) groups excluding carboxylic acids is 1. The summed E-state index contributed by atoms with van der Waals surface area (Å²) in [4.78, 5) is 9.65. The molecule has 34 valence electrons. The van der Waals surface area contributed by atoms with Crippen LogP contribution in [0.5, 0.6) is 0 Å². The van der Waals surface area contributed by atoms with Crippen LogP contribution in [0.2, 0.25) is 0 Å². The molecule has 0 aromatic rings. The van der Waals surface area contributed by atoms with Crippen LogP contribution in [0.4, 0.5) is 0 Å². The number of hydrogen-bond acceptors (Lipinski definition) is 2. The van der Waals surface area contributed by atoms with Crippen molar-refractivity contribution in [3.05, 3.63) is 12.3 Å². The van der Waals surface area contributed by atoms with Crippen molar-refractivity contribution in [1.82, 2.24) is 0 Å². The fraction of sp³-hybridized carbons (Fsp3) is 0. The Labute approximate surface area is 35.6 Å². The van der Waals surface area contributed by atoms with Crippen LogP contribution in [-0.2, 0) is 4.79 Å². The van der Waals surface area contributed by atoms with Crippen molar-refractivity contribution in [2.45, 2.75) is 0 Å². The number of hydrogen-bond donors (Lipinski definition) is 2. The van der Waals surface area contributed by atoms with Gasteiger partial charge >= 0.3 is 0 Å². The molecular formula is C3H6N2O. The van der Waals surface area contributed by atoms with E-state index >= 15 is 0 Å². The van der Waals surface area contributed by atoms with Gasteiger partial charge in [0.1, 0.15) is 0 Å². The summed E-state index contributed by atoms with van der Waals surface area (Å²) < 4.78 is 0. The lowest BCUT2D eigenvalue weighted by Crippen LogP contribution is -2.06. The van der Waals surface area contributed by atoms with Gasteiger partial charge in [0.05, 0.1) is 0 Å². The first kappa shape index (κ1) is 5.01. The molecule has 0 aliphatic heterocycles. The van der Waals surface area contributed by atoms with Gasteiger partial charge in [0.15, 0.2) is 0 Å². The highest BCUT2D eigenvalue weighted by molar-refractivity contribution is 5.85. The fourth-order valence-corrected chi connectivity index (χ4v) is 0.0948. The van der Waals surface area contributed by atoms with E-state index in [0.717, 1.165) is 12.3 Å². The second kappa shape index (κ2) is 2.26. The van der Waals surface area contributed by atoms with E-state index < -0.39 is 5.91 Å². The van der Waals surface area contributed by atoms with Gasteiger partial charge in [0, 0.05) is 6.08 Å². The van der Waals surface area contributed by atoms with E-state index in [1.54, 1.807) is 0 Å². The molecule has 4 N–H and O–H groups in total. The zero-order valence-corrected chi connectivity index (χ0v) is 3.22. The molecule has 0 radical (unpaired) electrons. The van der Waals surface area contributed by atoms with Crippen LogP contribution in [-0.4, -0.2) is 5.91 Å². The Hall–Kier alpha value is -0.990. The minimum atomic E-state index is -0.516. The molecule has 0 spiro atoms. The lowest BCUT2D eigenvalue weighted by atomic mass is 10.6. The fourth-order valence-electron chi connectivity index (χ4n) is 0.0948. The zero-order valence-electron chi connectivity index (χ0n) is 3.22. The van der Waals surface area contributed by atoms with E-state index in [1.807, 2.05) is 0 Å². The van der Waals surface area contributed by atoms with Crippen LogP contribution in [0.15, 0.2) is 12.3 Å². The topological polar surface area (TPSA) is 69.1 Å². The van der Waals surface area contributed by atoms with Gasteiger partial charge in [0.25, 0.3) is 0 Å². The van der Waals surface area contributed by atoms with Gasteiger partial charge in [-0.2, -0.15) is 0 Å². The molecule has 0 fully saturated rings. The number of rotatable bonds is 1. The van der Waals surface area contributed by atoms with Crippen molar-refractivity contribution >= 4 is 5.91 Å². The van der Waals surface area contributed by atoms with Crippen molar-refractivity contribution in [3.8, 4) is 0 Å². The molecule has 0 aliphatic carbocycles. The smallest absolute Gasteiger partial charge is 0.242 e. The lowest BCUT2D eigenvalue weighted by Gasteiger charge is -1.70. The van der Waals surface area contributed by atoms with Gasteiger partial charge < -0.3 is 11.5 Å². The van der Waals surface area contributed by atoms with Crippen molar-refractivity contribution in [1.29, 1.82) is 0 Å². The minimum Gasteiger partial charge on any atom is -0.404 e. The summed E-state index contributed by atoms with van der Waals surface area (Å²) in [5.74, 6) is -0.516. The first-order valence-electron chi connectivity index (χ1n) is 1.45. The largest absolute Gasteiger partial charge is 0.404 e. The summed E-state index contributed by atoms with van der Waals surface area (Å²) in [5, 5.41) is 0. The number of primary amides is 1. The Bertz CT molecular complexity index is 76.9. The summed E-state index contributed by atoms with van der Waals surface area (Å²) in [6, 6.07) is 0. The Kier molecular flexibility index (Phi) is 1.89.